The fraction of sp³-hybridized carbons (Fsp3) is 0.578. The summed E-state index contributed by atoms with van der Waals surface area (Å²) in [6, 6.07) is 0.561. The highest BCUT2D eigenvalue weighted by Crippen LogP contribution is 2.55. The molecule has 0 unspecified atom stereocenters. The highest BCUT2D eigenvalue weighted by Gasteiger charge is 2.50. The zero-order valence-corrected chi connectivity index (χ0v) is 35.9. The number of rotatable bonds is 4. The second-order valence-electron chi connectivity index (χ2n) is 17.2. The van der Waals surface area contributed by atoms with E-state index in [4.69, 9.17) is 14.2 Å². The van der Waals surface area contributed by atoms with Crippen LogP contribution in [0, 0.1) is 30.6 Å². The van der Waals surface area contributed by atoms with Crippen LogP contribution in [0.25, 0.3) is 10.8 Å². The van der Waals surface area contributed by atoms with E-state index >= 15 is 0 Å². The maximum Gasteiger partial charge on any atom is 0.312 e. The molecule has 1 saturated carbocycles. The molecule has 1 saturated heterocycles. The average Bonchev–Trinajstić information content (AvgIpc) is 3.87. The summed E-state index contributed by atoms with van der Waals surface area (Å²) in [6.07, 6.45) is 9.71. The Morgan fingerprint density at radius 1 is 0.867 bits per heavy atom. The van der Waals surface area contributed by atoms with Gasteiger partial charge in [0.15, 0.2) is 5.75 Å². The molecule has 60 heavy (non-hydrogen) atoms. The Kier molecular flexibility index (Phi) is 13.6. The van der Waals surface area contributed by atoms with Gasteiger partial charge in [0.2, 0.25) is 0 Å². The first-order chi connectivity index (χ1) is 28.4. The molecule has 15 nitrogen and oxygen atoms in total. The van der Waals surface area contributed by atoms with Gasteiger partial charge in [0.25, 0.3) is 11.7 Å². The largest absolute Gasteiger partial charge is 0.507 e. The molecule has 0 spiro atoms. The first-order valence-electron chi connectivity index (χ1n) is 21.0. The van der Waals surface area contributed by atoms with Crippen molar-refractivity contribution in [3.8, 4) is 23.0 Å². The van der Waals surface area contributed by atoms with Crippen molar-refractivity contribution in [1.82, 2.24) is 9.91 Å². The lowest BCUT2D eigenvalue weighted by Gasteiger charge is -2.36. The molecular formula is C45H62N4O11. The van der Waals surface area contributed by atoms with Crippen molar-refractivity contribution < 1.29 is 54.4 Å². The van der Waals surface area contributed by atoms with E-state index in [9.17, 15) is 40.2 Å². The molecule has 5 aliphatic rings. The van der Waals surface area contributed by atoms with Crippen molar-refractivity contribution >= 4 is 34.4 Å². The van der Waals surface area contributed by atoms with Gasteiger partial charge in [-0.1, -0.05) is 58.8 Å². The fourth-order valence-electron chi connectivity index (χ4n) is 9.08. The lowest BCUT2D eigenvalue weighted by Crippen LogP contribution is -2.47. The number of methoxy groups -OCH3 is 1. The number of nitrogens with zero attached hydrogens (tertiary/aromatic N) is 3. The van der Waals surface area contributed by atoms with Crippen molar-refractivity contribution in [1.29, 1.82) is 0 Å². The Morgan fingerprint density at radius 3 is 2.15 bits per heavy atom. The molecule has 0 aromatic heterocycles. The predicted octanol–water partition coefficient (Wildman–Crippen LogP) is 5.08. The van der Waals surface area contributed by atoms with Crippen molar-refractivity contribution in [2.45, 2.75) is 110 Å². The van der Waals surface area contributed by atoms with Crippen LogP contribution in [0.3, 0.4) is 0 Å². The van der Waals surface area contributed by atoms with Crippen LogP contribution in [0.5, 0.6) is 23.0 Å². The number of benzene rings is 2. The van der Waals surface area contributed by atoms with E-state index in [-0.39, 0.29) is 44.5 Å². The molecule has 7 N–H and O–H groups in total. The van der Waals surface area contributed by atoms with Crippen LogP contribution in [-0.4, -0.2) is 128 Å². The normalized spacial score (nSPS) is 33.5. The number of anilines is 1. The smallest absolute Gasteiger partial charge is 0.312 e. The van der Waals surface area contributed by atoms with E-state index in [1.54, 1.807) is 46.8 Å². The number of ketones is 1. The predicted molar refractivity (Wildman–Crippen MR) is 227 cm³/mol. The number of aromatic hydroxyl groups is 3. The molecule has 9 atom stereocenters. The summed E-state index contributed by atoms with van der Waals surface area (Å²) in [4.78, 5) is 30.7. The Morgan fingerprint density at radius 2 is 1.50 bits per heavy atom. The van der Waals surface area contributed by atoms with Gasteiger partial charge >= 0.3 is 5.79 Å². The number of piperazine rings is 1. The summed E-state index contributed by atoms with van der Waals surface area (Å²) in [5.41, 5.74) is -0.233. The van der Waals surface area contributed by atoms with Gasteiger partial charge in [-0.2, -0.15) is 5.10 Å². The summed E-state index contributed by atoms with van der Waals surface area (Å²) in [7, 11) is 1.45. The zero-order chi connectivity index (χ0) is 43.8. The van der Waals surface area contributed by atoms with Crippen LogP contribution in [0.1, 0.15) is 88.7 Å². The van der Waals surface area contributed by atoms with E-state index in [2.05, 4.69) is 15.3 Å². The summed E-state index contributed by atoms with van der Waals surface area (Å²) in [6.45, 7) is 14.1. The van der Waals surface area contributed by atoms with Crippen LogP contribution in [0.15, 0.2) is 41.2 Å². The fourth-order valence-corrected chi connectivity index (χ4v) is 9.08. The standard InChI is InChI=1S/C45H62N4O11/c1-23-12-11-13-24(2)44(57)47-35-30(22-46-49-19-17-48(18-20-49)29-14-9-10-15-29)40(54)32-33(41(35)55)39(53)28(6)42-34(32)43(56)45(7,60-42)59-21-16-31(58-8)25(3)37(51)27(5)38(52)26(4)36(23)50/h11-13,16,21-23,25-27,29,31,36-38,50-55H,9-10,14-15,17-20H2,1-8H3,(H,47,57)/b12-11+,21-16+,24-13-,46-22+/t23-,25+,26+,27-,31-,36-,37+,38+,45-/m0/s1. The number of amides is 1. The Bertz CT molecular complexity index is 2070. The topological polar surface area (TPSA) is 214 Å². The summed E-state index contributed by atoms with van der Waals surface area (Å²) < 4.78 is 17.8. The lowest BCUT2D eigenvalue weighted by atomic mass is 9.78. The number of allylic oxidation sites excluding steroid dienone is 2. The molecule has 7 rings (SSSR count). The minimum absolute atomic E-state index is 0.0742. The Labute approximate surface area is 351 Å². The van der Waals surface area contributed by atoms with Crippen LogP contribution < -0.4 is 10.1 Å². The Balaban J connectivity index is 1.46. The SMILES string of the molecule is CO[C@H]1/C=C/O[C@@]2(C)Oc3c(C)c(O)c4c(O)c(c(/C=N/N5CCN(C6CCCC6)CC5)c(O)c4c3C2=O)NC(=O)/C(C)=C\C=C\[C@H](C)[C@H](O)[C@@H](C)[C@@H](O)[C@@H](C)[C@H](O)[C@@H]1C. The van der Waals surface area contributed by atoms with Gasteiger partial charge in [-0.15, -0.1) is 0 Å². The third-order valence-electron chi connectivity index (χ3n) is 13.3. The first kappa shape index (κ1) is 44.9. The molecule has 2 fully saturated rings. The lowest BCUT2D eigenvalue weighted by molar-refractivity contribution is -0.112. The number of aliphatic hydroxyl groups is 3. The number of hydrazone groups is 1. The highest BCUT2D eigenvalue weighted by molar-refractivity contribution is 6.23. The molecule has 2 aromatic carbocycles. The minimum atomic E-state index is -2.01. The highest BCUT2D eigenvalue weighted by atomic mass is 16.7. The monoisotopic (exact) mass is 834 g/mol. The van der Waals surface area contributed by atoms with E-state index < -0.39 is 82.8 Å². The molecule has 1 amide bonds. The van der Waals surface area contributed by atoms with Gasteiger partial charge in [-0.05, 0) is 32.8 Å². The average molecular weight is 835 g/mol. The number of hydrogen-bond acceptors (Lipinski definition) is 14. The second kappa shape index (κ2) is 18.1. The number of hydrogen-bond donors (Lipinski definition) is 7. The van der Waals surface area contributed by atoms with Crippen molar-refractivity contribution in [3.05, 3.63) is 52.8 Å². The number of aliphatic hydroxyl groups excluding tert-OH is 3. The minimum Gasteiger partial charge on any atom is -0.507 e. The number of fused-ring (bicyclic) bond motifs is 14. The van der Waals surface area contributed by atoms with Gasteiger partial charge in [0.1, 0.15) is 17.2 Å². The van der Waals surface area contributed by atoms with E-state index in [0.717, 1.165) is 13.1 Å². The van der Waals surface area contributed by atoms with Gasteiger partial charge in [0, 0.05) is 86.4 Å². The molecule has 15 heteroatoms. The van der Waals surface area contributed by atoms with Crippen LogP contribution in [0.2, 0.25) is 0 Å². The van der Waals surface area contributed by atoms with E-state index in [1.807, 2.05) is 5.01 Å². The van der Waals surface area contributed by atoms with Gasteiger partial charge in [-0.25, -0.2) is 0 Å². The number of phenolic OH excluding ortho intramolecular Hbond substituents is 3. The molecule has 4 aliphatic heterocycles. The second-order valence-corrected chi connectivity index (χ2v) is 17.2. The van der Waals surface area contributed by atoms with Crippen molar-refractivity contribution in [3.63, 3.8) is 0 Å². The number of Topliss-reactive ketones (excluding diaryl/α,β-unsaturated/α-hetero) is 1. The van der Waals surface area contributed by atoms with Gasteiger partial charge in [-0.3, -0.25) is 19.5 Å². The van der Waals surface area contributed by atoms with Crippen molar-refractivity contribution in [2.24, 2.45) is 28.8 Å². The Hall–Kier alpha value is -4.67. The third-order valence-corrected chi connectivity index (χ3v) is 13.3. The molecular weight excluding hydrogens is 773 g/mol. The number of phenols is 3. The third kappa shape index (κ3) is 8.47. The molecule has 4 heterocycles. The van der Waals surface area contributed by atoms with Crippen LogP contribution in [0.4, 0.5) is 5.69 Å². The summed E-state index contributed by atoms with van der Waals surface area (Å²) in [5.74, 6) is -7.52. The van der Waals surface area contributed by atoms with Crippen LogP contribution >= 0.6 is 0 Å². The quantitative estimate of drug-likeness (QED) is 0.122. The summed E-state index contributed by atoms with van der Waals surface area (Å²) >= 11 is 0. The molecule has 0 radical (unpaired) electrons. The number of carbonyl (C=O) groups is 2. The molecule has 5 bridgehead atoms. The number of ether oxygens (including phenoxy) is 3. The number of carbonyl (C=O) groups excluding carboxylic acids is 2. The van der Waals surface area contributed by atoms with Crippen molar-refractivity contribution in [2.75, 3.05) is 38.6 Å². The molecule has 1 aliphatic carbocycles. The number of nitrogens with one attached hydrogen (secondary N) is 1. The van der Waals surface area contributed by atoms with Crippen LogP contribution in [-0.2, 0) is 14.3 Å². The first-order valence-corrected chi connectivity index (χ1v) is 21.0. The zero-order valence-electron chi connectivity index (χ0n) is 35.9. The van der Waals surface area contributed by atoms with Gasteiger partial charge in [0.05, 0.1) is 59.1 Å². The van der Waals surface area contributed by atoms with Gasteiger partial charge < -0.3 is 50.2 Å². The van der Waals surface area contributed by atoms with E-state index in [1.165, 1.54) is 71.3 Å². The summed E-state index contributed by atoms with van der Waals surface area (Å²) in [5, 5.41) is 78.4. The maximum atomic E-state index is 14.4. The molecule has 2 aromatic rings. The van der Waals surface area contributed by atoms with E-state index in [0.29, 0.717) is 19.1 Å². The molecule has 328 valence electrons. The maximum absolute atomic E-state index is 14.4.